The lowest BCUT2D eigenvalue weighted by molar-refractivity contribution is 0.411. The molecule has 3 nitrogen and oxygen atoms in total. The van der Waals surface area contributed by atoms with Crippen molar-refractivity contribution < 1.29 is 0 Å². The van der Waals surface area contributed by atoms with Crippen LogP contribution in [0.5, 0.6) is 0 Å². The summed E-state index contributed by atoms with van der Waals surface area (Å²) in [4.78, 5) is 2.38. The average molecular weight is 221 g/mol. The van der Waals surface area contributed by atoms with Crippen molar-refractivity contribution in [2.75, 3.05) is 32.4 Å². The van der Waals surface area contributed by atoms with Gasteiger partial charge < -0.3 is 16.4 Å². The summed E-state index contributed by atoms with van der Waals surface area (Å²) >= 11 is 0. The molecule has 0 aromatic heterocycles. The lowest BCUT2D eigenvalue weighted by Crippen LogP contribution is -2.13. The van der Waals surface area contributed by atoms with Gasteiger partial charge in [-0.05, 0) is 50.2 Å². The summed E-state index contributed by atoms with van der Waals surface area (Å²) in [5.74, 6) is 0.714. The standard InChI is InChI=1S/C11H16N2.C2H7N/c1-13-7-6-10(8-13)9-2-4-11(12)5-3-9;1-2-3/h2-5,10H,6-8,12H2,1H3;2-3H2,1H3. The Labute approximate surface area is 98.4 Å². The number of benzene rings is 1. The van der Waals surface area contributed by atoms with Crippen molar-refractivity contribution >= 4 is 5.69 Å². The van der Waals surface area contributed by atoms with Crippen LogP contribution >= 0.6 is 0 Å². The molecule has 90 valence electrons. The quantitative estimate of drug-likeness (QED) is 0.709. The molecule has 2 rings (SSSR count). The number of anilines is 1. The molecule has 1 aromatic carbocycles. The third kappa shape index (κ3) is 3.83. The topological polar surface area (TPSA) is 55.3 Å². The Balaban J connectivity index is 0.000000386. The summed E-state index contributed by atoms with van der Waals surface area (Å²) in [6, 6.07) is 8.29. The summed E-state index contributed by atoms with van der Waals surface area (Å²) < 4.78 is 0. The maximum atomic E-state index is 5.64. The minimum atomic E-state index is 0.714. The number of rotatable bonds is 1. The molecule has 1 aromatic rings. The zero-order valence-electron chi connectivity index (χ0n) is 10.3. The number of hydrogen-bond donors (Lipinski definition) is 2. The van der Waals surface area contributed by atoms with Crippen LogP contribution < -0.4 is 11.5 Å². The van der Waals surface area contributed by atoms with Gasteiger partial charge in [-0.3, -0.25) is 0 Å². The third-order valence-electron chi connectivity index (χ3n) is 2.80. The van der Waals surface area contributed by atoms with Gasteiger partial charge >= 0.3 is 0 Å². The molecule has 1 heterocycles. The number of likely N-dealkylation sites (tertiary alicyclic amines) is 1. The first-order valence-corrected chi connectivity index (χ1v) is 5.91. The molecule has 1 fully saturated rings. The molecular formula is C13H23N3. The predicted molar refractivity (Wildman–Crippen MR) is 70.4 cm³/mol. The van der Waals surface area contributed by atoms with Crippen LogP contribution in [0.1, 0.15) is 24.8 Å². The van der Waals surface area contributed by atoms with E-state index in [2.05, 4.69) is 24.1 Å². The van der Waals surface area contributed by atoms with Crippen LogP contribution in [0.2, 0.25) is 0 Å². The highest BCUT2D eigenvalue weighted by Crippen LogP contribution is 2.26. The van der Waals surface area contributed by atoms with Gasteiger partial charge in [0, 0.05) is 12.2 Å². The normalized spacial score (nSPS) is 20.3. The van der Waals surface area contributed by atoms with Crippen LogP contribution in [0.15, 0.2) is 24.3 Å². The second kappa shape index (κ2) is 6.51. The van der Waals surface area contributed by atoms with Crippen LogP contribution in [-0.4, -0.2) is 31.6 Å². The molecule has 0 spiro atoms. The minimum absolute atomic E-state index is 0.714. The van der Waals surface area contributed by atoms with Gasteiger partial charge in [-0.25, -0.2) is 0 Å². The summed E-state index contributed by atoms with van der Waals surface area (Å²) in [7, 11) is 2.18. The number of likely N-dealkylation sites (N-methyl/N-ethyl adjacent to an activating group) is 1. The van der Waals surface area contributed by atoms with Crippen molar-refractivity contribution in [3.8, 4) is 0 Å². The van der Waals surface area contributed by atoms with Crippen LogP contribution in [0.4, 0.5) is 5.69 Å². The van der Waals surface area contributed by atoms with Gasteiger partial charge in [-0.2, -0.15) is 0 Å². The summed E-state index contributed by atoms with van der Waals surface area (Å²) in [5, 5.41) is 0. The average Bonchev–Trinajstić information content (AvgIpc) is 2.67. The zero-order chi connectivity index (χ0) is 12.0. The van der Waals surface area contributed by atoms with Gasteiger partial charge in [0.05, 0.1) is 0 Å². The van der Waals surface area contributed by atoms with Crippen molar-refractivity contribution in [2.45, 2.75) is 19.3 Å². The van der Waals surface area contributed by atoms with Gasteiger partial charge in [0.2, 0.25) is 0 Å². The van der Waals surface area contributed by atoms with Gasteiger partial charge in [-0.1, -0.05) is 19.1 Å². The Kier molecular flexibility index (Phi) is 5.29. The number of nitrogens with zero attached hydrogens (tertiary/aromatic N) is 1. The molecular weight excluding hydrogens is 198 g/mol. The zero-order valence-corrected chi connectivity index (χ0v) is 10.3. The smallest absolute Gasteiger partial charge is 0.0314 e. The first kappa shape index (κ1) is 13.0. The summed E-state index contributed by atoms with van der Waals surface area (Å²) in [5.41, 5.74) is 12.8. The van der Waals surface area contributed by atoms with E-state index >= 15 is 0 Å². The monoisotopic (exact) mass is 221 g/mol. The second-order valence-electron chi connectivity index (χ2n) is 4.32. The van der Waals surface area contributed by atoms with E-state index in [4.69, 9.17) is 11.5 Å². The van der Waals surface area contributed by atoms with Crippen molar-refractivity contribution in [3.05, 3.63) is 29.8 Å². The Morgan fingerprint density at radius 2 is 1.88 bits per heavy atom. The molecule has 16 heavy (non-hydrogen) atoms. The number of hydrogen-bond acceptors (Lipinski definition) is 3. The molecule has 0 radical (unpaired) electrons. The summed E-state index contributed by atoms with van der Waals surface area (Å²) in [6.45, 7) is 5.05. The Hall–Kier alpha value is -1.06. The number of nitrogens with two attached hydrogens (primary N) is 2. The van der Waals surface area contributed by atoms with Crippen molar-refractivity contribution in [2.24, 2.45) is 5.73 Å². The van der Waals surface area contributed by atoms with Gasteiger partial charge in [-0.15, -0.1) is 0 Å². The molecule has 0 amide bonds. The molecule has 0 saturated carbocycles. The molecule has 1 unspecified atom stereocenters. The van der Waals surface area contributed by atoms with Crippen LogP contribution in [-0.2, 0) is 0 Å². The second-order valence-corrected chi connectivity index (χ2v) is 4.32. The predicted octanol–water partition coefficient (Wildman–Crippen LogP) is 1.65. The molecule has 1 aliphatic rings. The van der Waals surface area contributed by atoms with E-state index in [1.807, 2.05) is 19.1 Å². The highest BCUT2D eigenvalue weighted by Gasteiger charge is 2.20. The van der Waals surface area contributed by atoms with E-state index in [1.165, 1.54) is 25.1 Å². The van der Waals surface area contributed by atoms with E-state index in [-0.39, 0.29) is 0 Å². The van der Waals surface area contributed by atoms with E-state index in [0.29, 0.717) is 5.92 Å². The maximum Gasteiger partial charge on any atom is 0.0314 e. The number of nitrogen functional groups attached to an aromatic ring is 1. The largest absolute Gasteiger partial charge is 0.399 e. The fourth-order valence-electron chi connectivity index (χ4n) is 1.98. The lowest BCUT2D eigenvalue weighted by Gasteiger charge is -2.10. The first-order valence-electron chi connectivity index (χ1n) is 5.91. The third-order valence-corrected chi connectivity index (χ3v) is 2.80. The summed E-state index contributed by atoms with van der Waals surface area (Å²) in [6.07, 6.45) is 1.28. The van der Waals surface area contributed by atoms with Crippen LogP contribution in [0.3, 0.4) is 0 Å². The first-order chi connectivity index (χ1) is 7.67. The molecule has 1 saturated heterocycles. The van der Waals surface area contributed by atoms with Gasteiger partial charge in [0.15, 0.2) is 0 Å². The van der Waals surface area contributed by atoms with Crippen molar-refractivity contribution in [1.82, 2.24) is 4.90 Å². The molecule has 0 bridgehead atoms. The molecule has 0 aliphatic carbocycles. The van der Waals surface area contributed by atoms with Crippen molar-refractivity contribution in [1.29, 1.82) is 0 Å². The highest BCUT2D eigenvalue weighted by atomic mass is 15.1. The fraction of sp³-hybridized carbons (Fsp3) is 0.538. The van der Waals surface area contributed by atoms with E-state index in [0.717, 1.165) is 12.2 Å². The maximum absolute atomic E-state index is 5.64. The van der Waals surface area contributed by atoms with Crippen LogP contribution in [0.25, 0.3) is 0 Å². The molecule has 1 atom stereocenters. The van der Waals surface area contributed by atoms with E-state index in [1.54, 1.807) is 0 Å². The van der Waals surface area contributed by atoms with Crippen molar-refractivity contribution in [3.63, 3.8) is 0 Å². The van der Waals surface area contributed by atoms with E-state index in [9.17, 15) is 0 Å². The molecule has 3 heteroatoms. The Bertz CT molecular complexity index is 295. The molecule has 4 N–H and O–H groups in total. The molecule has 1 aliphatic heterocycles. The SMILES string of the molecule is CCN.CN1CCC(c2ccc(N)cc2)C1. The van der Waals surface area contributed by atoms with Gasteiger partial charge in [0.1, 0.15) is 0 Å². The Morgan fingerprint density at radius 3 is 2.31 bits per heavy atom. The lowest BCUT2D eigenvalue weighted by atomic mass is 9.98. The van der Waals surface area contributed by atoms with Crippen LogP contribution in [0, 0.1) is 0 Å². The fourth-order valence-corrected chi connectivity index (χ4v) is 1.98. The minimum Gasteiger partial charge on any atom is -0.399 e. The highest BCUT2D eigenvalue weighted by molar-refractivity contribution is 5.40. The van der Waals surface area contributed by atoms with E-state index < -0.39 is 0 Å². The Morgan fingerprint density at radius 1 is 1.31 bits per heavy atom. The van der Waals surface area contributed by atoms with Gasteiger partial charge in [0.25, 0.3) is 0 Å².